The van der Waals surface area contributed by atoms with Gasteiger partial charge in [0, 0.05) is 12.3 Å². The van der Waals surface area contributed by atoms with Gasteiger partial charge in [-0.1, -0.05) is 39.3 Å². The number of aliphatic hydroxyl groups excluding tert-OH is 16. The molecule has 0 aromatic carbocycles. The highest BCUT2D eigenvalue weighted by Gasteiger charge is 2.69. The Hall–Kier alpha value is -1.38. The fraction of sp³-hybridized carbons (Fsp3) is 0.964. The van der Waals surface area contributed by atoms with Crippen LogP contribution in [0.25, 0.3) is 0 Å². The number of rotatable bonds is 14. The quantitative estimate of drug-likeness (QED) is 0.0721. The average Bonchev–Trinajstić information content (AvgIpc) is 1.56. The maximum Gasteiger partial charge on any atom is 0.187 e. The van der Waals surface area contributed by atoms with Gasteiger partial charge in [0.15, 0.2) is 37.2 Å². The minimum absolute atomic E-state index is 0.0714. The van der Waals surface area contributed by atoms with Crippen LogP contribution in [0, 0.1) is 46.3 Å². The Balaban J connectivity index is 0.803. The molecule has 482 valence electrons. The van der Waals surface area contributed by atoms with E-state index in [1.165, 1.54) is 0 Å². The molecule has 28 nitrogen and oxygen atoms in total. The molecule has 7 heterocycles. The predicted octanol–water partition coefficient (Wildman–Crippen LogP) is -5.56. The summed E-state index contributed by atoms with van der Waals surface area (Å²) in [5.41, 5.74) is 0.823. The first-order valence-electron chi connectivity index (χ1n) is 30.0. The zero-order chi connectivity index (χ0) is 60.2. The summed E-state index contributed by atoms with van der Waals surface area (Å²) in [6.07, 6.45) is -38.3. The summed E-state index contributed by atoms with van der Waals surface area (Å²) in [6.45, 7) is 5.60. The largest absolute Gasteiger partial charge is 0.394 e. The number of fused-ring (bicyclic) bond motifs is 7. The Morgan fingerprint density at radius 2 is 1.10 bits per heavy atom. The van der Waals surface area contributed by atoms with Crippen LogP contribution in [0.3, 0.4) is 0 Å². The van der Waals surface area contributed by atoms with Crippen molar-refractivity contribution in [1.82, 2.24) is 0 Å². The first-order chi connectivity index (χ1) is 39.9. The Morgan fingerprint density at radius 3 is 1.76 bits per heavy atom. The van der Waals surface area contributed by atoms with Crippen LogP contribution in [0.1, 0.15) is 79.1 Å². The van der Waals surface area contributed by atoms with Gasteiger partial charge in [-0.3, -0.25) is 0 Å². The van der Waals surface area contributed by atoms with E-state index >= 15 is 0 Å². The smallest absolute Gasteiger partial charge is 0.187 e. The molecule has 1 spiro atoms. The van der Waals surface area contributed by atoms with Gasteiger partial charge >= 0.3 is 0 Å². The molecule has 16 N–H and O–H groups in total. The van der Waals surface area contributed by atoms with Crippen molar-refractivity contribution in [2.45, 2.75) is 251 Å². The second kappa shape index (κ2) is 25.0. The van der Waals surface area contributed by atoms with E-state index in [9.17, 15) is 81.7 Å². The van der Waals surface area contributed by atoms with Gasteiger partial charge in [-0.25, -0.2) is 0 Å². The van der Waals surface area contributed by atoms with E-state index < -0.39 is 198 Å². The standard InChI is InChI=1S/C56H90O28/c1-20-7-10-56(74-18-20)21(2)34-29(84-56)12-25-23-6-5-22-11-28(26(61)13-55(22,4)24(23)8-9-54(25,34)3)75-50-43(71)40(68)45(33(17-60)79-50)80-53-48(47(38(66)32(16-59)78-53)82-49-41(69)35(63)27(62)19-73-49)83-52-44(72)46(37(65)31(15-58)77-52)81-51-42(70)39(67)36(64)30(14-57)76-51/h5,20-21,23-53,57-72H,6-19H2,1-4H3/t20-,21+,23-,24?,25?,26-,27-,28-,29+,30-,31-,32-,33-,34+,35+,36-,37-,38-,39+,40-,41-,42-,43-,44-,45+,46+,47+,48-,49+,50-,51+,52+,53+,54+,55+,56-/m1/s1. The summed E-state index contributed by atoms with van der Waals surface area (Å²) in [6, 6.07) is 0. The molecule has 0 amide bonds. The average molecular weight is 1210 g/mol. The van der Waals surface area contributed by atoms with E-state index in [0.717, 1.165) is 44.1 Å². The normalized spacial score (nSPS) is 56.8. The van der Waals surface area contributed by atoms with E-state index in [1.54, 1.807) is 0 Å². The van der Waals surface area contributed by atoms with Crippen molar-refractivity contribution in [2.24, 2.45) is 46.3 Å². The Morgan fingerprint density at radius 1 is 0.524 bits per heavy atom. The molecule has 3 saturated carbocycles. The van der Waals surface area contributed by atoms with Gasteiger partial charge in [0.1, 0.15) is 116 Å². The molecule has 11 aliphatic rings. The van der Waals surface area contributed by atoms with E-state index in [-0.39, 0.29) is 35.2 Å². The van der Waals surface area contributed by atoms with Crippen molar-refractivity contribution in [1.29, 1.82) is 0 Å². The third-order valence-corrected chi connectivity index (χ3v) is 21.6. The first-order valence-corrected chi connectivity index (χ1v) is 30.0. The highest BCUT2D eigenvalue weighted by atomic mass is 16.8. The molecule has 0 aromatic rings. The summed E-state index contributed by atoms with van der Waals surface area (Å²) in [4.78, 5) is 0. The molecule has 10 fully saturated rings. The van der Waals surface area contributed by atoms with Crippen molar-refractivity contribution >= 4 is 0 Å². The van der Waals surface area contributed by atoms with Crippen LogP contribution in [0.15, 0.2) is 11.6 Å². The van der Waals surface area contributed by atoms with Crippen molar-refractivity contribution in [3.8, 4) is 0 Å². The van der Waals surface area contributed by atoms with Gasteiger partial charge < -0.3 is 139 Å². The topological polar surface area (TPSA) is 434 Å². The van der Waals surface area contributed by atoms with Crippen LogP contribution in [0.5, 0.6) is 0 Å². The number of hydrogen-bond donors (Lipinski definition) is 16. The summed E-state index contributed by atoms with van der Waals surface area (Å²) in [5, 5.41) is 176. The lowest BCUT2D eigenvalue weighted by molar-refractivity contribution is -0.409. The number of allylic oxidation sites excluding steroid dienone is 1. The summed E-state index contributed by atoms with van der Waals surface area (Å²) in [7, 11) is 0. The van der Waals surface area contributed by atoms with E-state index in [1.807, 2.05) is 0 Å². The molecule has 2 unspecified atom stereocenters. The zero-order valence-corrected chi connectivity index (χ0v) is 47.6. The molecule has 0 bridgehead atoms. The van der Waals surface area contributed by atoms with Crippen LogP contribution >= 0.6 is 0 Å². The molecular formula is C56H90O28. The number of hydrogen-bond acceptors (Lipinski definition) is 28. The third-order valence-electron chi connectivity index (χ3n) is 21.6. The summed E-state index contributed by atoms with van der Waals surface area (Å²) >= 11 is 0. The molecule has 0 radical (unpaired) electrons. The van der Waals surface area contributed by atoms with Gasteiger partial charge in [-0.2, -0.15) is 0 Å². The molecular weight excluding hydrogens is 1120 g/mol. The molecule has 4 aliphatic carbocycles. The minimum atomic E-state index is -2.20. The lowest BCUT2D eigenvalue weighted by atomic mass is 9.46. The summed E-state index contributed by atoms with van der Waals surface area (Å²) in [5.74, 6) is 1.72. The Kier molecular flexibility index (Phi) is 19.1. The minimum Gasteiger partial charge on any atom is -0.394 e. The highest BCUT2D eigenvalue weighted by molar-refractivity contribution is 5.27. The van der Waals surface area contributed by atoms with Crippen LogP contribution in [0.2, 0.25) is 0 Å². The third kappa shape index (κ3) is 11.1. The number of ether oxygens (including phenoxy) is 12. The van der Waals surface area contributed by atoms with Crippen LogP contribution < -0.4 is 0 Å². The predicted molar refractivity (Wildman–Crippen MR) is 276 cm³/mol. The lowest BCUT2D eigenvalue weighted by Gasteiger charge is -2.59. The maximum absolute atomic E-state index is 12.0. The van der Waals surface area contributed by atoms with Crippen LogP contribution in [-0.4, -0.2) is 293 Å². The SMILES string of the molecule is C[C@@H]1CC[C@@]2(OC1)O[C@H]1CC3[C@@H]4CC=C5C[C@@H](O[C@@H]6O[C@H](CO)[C@H](O[C@@H]7O[C@H](CO)[C@@H](O)[C@H](O[C@@H]8OC[C@@H](O)[C@H](O)[C@H]8O)[C@H]7O[C@@H]7O[C@H](CO)[C@@H](O)[C@H](O[C@@H]8O[C@H](CO)[C@@H](O)[C@H](O)[C@H]8O)[C@H]7O)[C@H](O)[C@H]6O)[C@H](O)C[C@]5(C)C4CC[C@]3(C)[C@H]1[C@@H]2C. The molecule has 7 aliphatic heterocycles. The Labute approximate surface area is 485 Å². The first kappa shape index (κ1) is 64.2. The highest BCUT2D eigenvalue weighted by Crippen LogP contribution is 2.71. The van der Waals surface area contributed by atoms with Crippen LogP contribution in [-0.2, 0) is 56.8 Å². The van der Waals surface area contributed by atoms with Gasteiger partial charge in [0.25, 0.3) is 0 Å². The number of aliphatic hydroxyl groups is 16. The summed E-state index contributed by atoms with van der Waals surface area (Å²) < 4.78 is 73.0. The van der Waals surface area contributed by atoms with Gasteiger partial charge in [0.2, 0.25) is 0 Å². The fourth-order valence-corrected chi connectivity index (χ4v) is 16.8. The second-order valence-electron chi connectivity index (χ2n) is 26.4. The molecule has 0 aromatic heterocycles. The molecule has 11 rings (SSSR count). The van der Waals surface area contributed by atoms with Crippen molar-refractivity contribution in [3.63, 3.8) is 0 Å². The van der Waals surface area contributed by atoms with E-state index in [0.29, 0.717) is 36.7 Å². The lowest BCUT2D eigenvalue weighted by Crippen LogP contribution is -2.69. The van der Waals surface area contributed by atoms with Crippen LogP contribution in [0.4, 0.5) is 0 Å². The van der Waals surface area contributed by atoms with Crippen molar-refractivity contribution in [3.05, 3.63) is 11.6 Å². The van der Waals surface area contributed by atoms with Gasteiger partial charge in [-0.15, -0.1) is 0 Å². The monoisotopic (exact) mass is 1210 g/mol. The van der Waals surface area contributed by atoms with Gasteiger partial charge in [-0.05, 0) is 85.4 Å². The zero-order valence-electron chi connectivity index (χ0n) is 47.6. The molecule has 36 atom stereocenters. The van der Waals surface area contributed by atoms with Crippen molar-refractivity contribution in [2.75, 3.05) is 39.6 Å². The van der Waals surface area contributed by atoms with Crippen molar-refractivity contribution < 1.29 is 139 Å². The molecule has 7 saturated heterocycles. The second-order valence-corrected chi connectivity index (χ2v) is 26.4. The van der Waals surface area contributed by atoms with E-state index in [2.05, 4.69) is 33.8 Å². The van der Waals surface area contributed by atoms with Gasteiger partial charge in [0.05, 0.1) is 58.0 Å². The molecule has 84 heavy (non-hydrogen) atoms. The fourth-order valence-electron chi connectivity index (χ4n) is 16.8. The Bertz CT molecular complexity index is 2240. The molecule has 28 heteroatoms. The maximum atomic E-state index is 12.0. The van der Waals surface area contributed by atoms with E-state index in [4.69, 9.17) is 56.8 Å².